The lowest BCUT2D eigenvalue weighted by atomic mass is 10.1. The van der Waals surface area contributed by atoms with Gasteiger partial charge in [0.1, 0.15) is 18.6 Å². The average molecular weight is 385 g/mol. The maximum atomic E-state index is 13.5. The van der Waals surface area contributed by atoms with Crippen molar-refractivity contribution in [3.63, 3.8) is 0 Å². The van der Waals surface area contributed by atoms with Gasteiger partial charge in [0.15, 0.2) is 11.6 Å². The fraction of sp³-hybridized carbons (Fsp3) is 0.200. The first kappa shape index (κ1) is 18.4. The van der Waals surface area contributed by atoms with Gasteiger partial charge in [0.05, 0.1) is 17.8 Å². The van der Waals surface area contributed by atoms with Gasteiger partial charge in [0.2, 0.25) is 5.91 Å². The van der Waals surface area contributed by atoms with Gasteiger partial charge in [-0.3, -0.25) is 9.59 Å². The molecule has 3 N–H and O–H groups in total. The number of nitrogens with one attached hydrogen (secondary N) is 2. The minimum absolute atomic E-state index is 0.0162. The molecule has 1 aromatic carbocycles. The van der Waals surface area contributed by atoms with Gasteiger partial charge in [-0.2, -0.15) is 13.2 Å². The van der Waals surface area contributed by atoms with Crippen LogP contribution in [0.15, 0.2) is 23.4 Å². The number of aromatic nitrogens is 2. The van der Waals surface area contributed by atoms with Gasteiger partial charge in [0, 0.05) is 5.56 Å². The fourth-order valence-electron chi connectivity index (χ4n) is 2.56. The van der Waals surface area contributed by atoms with E-state index < -0.39 is 29.0 Å². The summed E-state index contributed by atoms with van der Waals surface area (Å²) in [6.45, 7) is -0.171. The summed E-state index contributed by atoms with van der Waals surface area (Å²) in [5, 5.41) is 16.3. The second kappa shape index (κ2) is 6.70. The number of carbonyl (C=O) groups excluding carboxylic acids is 2. The number of anilines is 1. The highest BCUT2D eigenvalue weighted by molar-refractivity contribution is 6.04. The molecule has 0 atom stereocenters. The van der Waals surface area contributed by atoms with Crippen LogP contribution in [0.5, 0.6) is 0 Å². The molecule has 27 heavy (non-hydrogen) atoms. The van der Waals surface area contributed by atoms with E-state index in [1.807, 2.05) is 0 Å². The minimum atomic E-state index is -4.82. The number of alkyl halides is 3. The molecule has 0 radical (unpaired) electrons. The number of nitrogens with zero attached hydrogens (tertiary/aromatic N) is 3. The zero-order valence-electron chi connectivity index (χ0n) is 13.3. The number of fused-ring (bicyclic) bond motifs is 1. The van der Waals surface area contributed by atoms with Gasteiger partial charge in [0.25, 0.3) is 5.91 Å². The van der Waals surface area contributed by atoms with Crippen molar-refractivity contribution in [2.45, 2.75) is 19.3 Å². The molecule has 1 aromatic heterocycles. The van der Waals surface area contributed by atoms with Crippen molar-refractivity contribution in [2.75, 3.05) is 5.32 Å². The van der Waals surface area contributed by atoms with E-state index in [-0.39, 0.29) is 36.7 Å². The van der Waals surface area contributed by atoms with Crippen molar-refractivity contribution in [2.24, 2.45) is 5.16 Å². The molecule has 2 heterocycles. The zero-order chi connectivity index (χ0) is 19.8. The second-order valence-corrected chi connectivity index (χ2v) is 5.55. The van der Waals surface area contributed by atoms with Gasteiger partial charge in [-0.15, -0.1) is 0 Å². The molecule has 1 aliphatic heterocycles. The normalized spacial score (nSPS) is 14.1. The summed E-state index contributed by atoms with van der Waals surface area (Å²) in [5.41, 5.74) is -1.52. The Bertz CT molecular complexity index is 952. The lowest BCUT2D eigenvalue weighted by molar-refractivity contribution is -0.137. The Hall–Kier alpha value is -3.44. The maximum absolute atomic E-state index is 13.5. The number of rotatable bonds is 3. The summed E-state index contributed by atoms with van der Waals surface area (Å²) in [7, 11) is 0. The average Bonchev–Trinajstić information content (AvgIpc) is 2.90. The van der Waals surface area contributed by atoms with Crippen molar-refractivity contribution in [1.82, 2.24) is 14.9 Å². The molecule has 0 fully saturated rings. The summed E-state index contributed by atoms with van der Waals surface area (Å²) >= 11 is 0. The van der Waals surface area contributed by atoms with E-state index in [0.717, 1.165) is 6.21 Å². The molecular weight excluding hydrogens is 374 g/mol. The Kier molecular flexibility index (Phi) is 4.56. The molecule has 142 valence electrons. The van der Waals surface area contributed by atoms with E-state index in [4.69, 9.17) is 5.21 Å². The SMILES string of the molecule is O=C1Cn2c(/C=N/O)nc(NC(=O)c3cc(F)cc(C(F)(F)F)c3)c2CN1. The van der Waals surface area contributed by atoms with Crippen LogP contribution in [0.2, 0.25) is 0 Å². The summed E-state index contributed by atoms with van der Waals surface area (Å²) in [6.07, 6.45) is -3.89. The van der Waals surface area contributed by atoms with Gasteiger partial charge < -0.3 is 20.4 Å². The molecule has 0 bridgehead atoms. The highest BCUT2D eigenvalue weighted by Crippen LogP contribution is 2.30. The van der Waals surface area contributed by atoms with Crippen molar-refractivity contribution in [1.29, 1.82) is 0 Å². The number of oxime groups is 1. The van der Waals surface area contributed by atoms with Gasteiger partial charge in [-0.05, 0) is 18.2 Å². The molecular formula is C15H11F4N5O3. The molecule has 0 saturated heterocycles. The molecule has 2 aromatic rings. The van der Waals surface area contributed by atoms with E-state index in [1.54, 1.807) is 0 Å². The van der Waals surface area contributed by atoms with Crippen LogP contribution < -0.4 is 10.6 Å². The number of hydrogen-bond acceptors (Lipinski definition) is 5. The van der Waals surface area contributed by atoms with Gasteiger partial charge in [-0.1, -0.05) is 5.16 Å². The predicted octanol–water partition coefficient (Wildman–Crippen LogP) is 1.73. The summed E-state index contributed by atoms with van der Waals surface area (Å²) in [6, 6.07) is 1.45. The molecule has 1 aliphatic rings. The number of hydrogen-bond donors (Lipinski definition) is 3. The van der Waals surface area contributed by atoms with E-state index in [0.29, 0.717) is 17.8 Å². The first-order valence-corrected chi connectivity index (χ1v) is 7.41. The van der Waals surface area contributed by atoms with E-state index in [2.05, 4.69) is 20.8 Å². The third kappa shape index (κ3) is 3.73. The molecule has 0 unspecified atom stereocenters. The lowest BCUT2D eigenvalue weighted by Gasteiger charge is -2.17. The number of imidazole rings is 1. The smallest absolute Gasteiger partial charge is 0.411 e. The molecule has 12 heteroatoms. The number of benzene rings is 1. The summed E-state index contributed by atoms with van der Waals surface area (Å²) < 4.78 is 53.2. The minimum Gasteiger partial charge on any atom is -0.411 e. The van der Waals surface area contributed by atoms with Crippen molar-refractivity contribution >= 4 is 23.8 Å². The molecule has 0 spiro atoms. The Morgan fingerprint density at radius 1 is 1.37 bits per heavy atom. The predicted molar refractivity (Wildman–Crippen MR) is 82.8 cm³/mol. The number of carbonyl (C=O) groups is 2. The van der Waals surface area contributed by atoms with Gasteiger partial charge in [-0.25, -0.2) is 9.37 Å². The largest absolute Gasteiger partial charge is 0.416 e. The van der Waals surface area contributed by atoms with Crippen LogP contribution in [0, 0.1) is 5.82 Å². The highest BCUT2D eigenvalue weighted by atomic mass is 19.4. The monoisotopic (exact) mass is 385 g/mol. The van der Waals surface area contributed by atoms with E-state index in [9.17, 15) is 27.2 Å². The number of halogens is 4. The van der Waals surface area contributed by atoms with Crippen LogP contribution in [0.1, 0.15) is 27.4 Å². The Labute approximate surface area is 148 Å². The van der Waals surface area contributed by atoms with Crippen LogP contribution in [0.4, 0.5) is 23.4 Å². The molecule has 2 amide bonds. The summed E-state index contributed by atoms with van der Waals surface area (Å²) in [5.74, 6) is -2.60. The second-order valence-electron chi connectivity index (χ2n) is 5.55. The van der Waals surface area contributed by atoms with Crippen LogP contribution in [-0.4, -0.2) is 32.8 Å². The standard InChI is InChI=1S/C15H11F4N5O3/c16-9-2-7(1-8(3-9)15(17,18)19)14(26)23-13-10-4-20-12(25)6-24(10)11(22-13)5-21-27/h1-3,5,27H,4,6H2,(H,20,25)(H,23,26)/b21-5+. The van der Waals surface area contributed by atoms with E-state index in [1.165, 1.54) is 4.57 Å². The van der Waals surface area contributed by atoms with Crippen LogP contribution in [0.3, 0.4) is 0 Å². The van der Waals surface area contributed by atoms with Crippen molar-refractivity contribution in [3.8, 4) is 0 Å². The lowest BCUT2D eigenvalue weighted by Crippen LogP contribution is -2.35. The Balaban J connectivity index is 1.94. The molecule has 0 saturated carbocycles. The highest BCUT2D eigenvalue weighted by Gasteiger charge is 2.32. The molecule has 0 aliphatic carbocycles. The van der Waals surface area contributed by atoms with Crippen LogP contribution >= 0.6 is 0 Å². The number of amides is 2. The van der Waals surface area contributed by atoms with Crippen LogP contribution in [-0.2, 0) is 24.1 Å². The van der Waals surface area contributed by atoms with Gasteiger partial charge >= 0.3 is 6.18 Å². The third-order valence-corrected chi connectivity index (χ3v) is 3.75. The quantitative estimate of drug-likeness (QED) is 0.324. The van der Waals surface area contributed by atoms with Crippen LogP contribution in [0.25, 0.3) is 0 Å². The Morgan fingerprint density at radius 2 is 2.11 bits per heavy atom. The Morgan fingerprint density at radius 3 is 2.78 bits per heavy atom. The van der Waals surface area contributed by atoms with E-state index >= 15 is 0 Å². The van der Waals surface area contributed by atoms with Crippen molar-refractivity contribution in [3.05, 3.63) is 46.7 Å². The molecule has 8 nitrogen and oxygen atoms in total. The first-order chi connectivity index (χ1) is 12.7. The molecule has 3 rings (SSSR count). The van der Waals surface area contributed by atoms with Crippen molar-refractivity contribution < 1.29 is 32.4 Å². The third-order valence-electron chi connectivity index (χ3n) is 3.75. The fourth-order valence-corrected chi connectivity index (χ4v) is 2.56. The zero-order valence-corrected chi connectivity index (χ0v) is 13.3. The first-order valence-electron chi connectivity index (χ1n) is 7.41. The summed E-state index contributed by atoms with van der Waals surface area (Å²) in [4.78, 5) is 27.8. The maximum Gasteiger partial charge on any atom is 0.416 e. The topological polar surface area (TPSA) is 109 Å².